The predicted molar refractivity (Wildman–Crippen MR) is 89.6 cm³/mol. The minimum Gasteiger partial charge on any atom is -0.366 e. The van der Waals surface area contributed by atoms with E-state index in [-0.39, 0.29) is 11.9 Å². The fourth-order valence-electron chi connectivity index (χ4n) is 3.01. The van der Waals surface area contributed by atoms with E-state index in [1.165, 1.54) is 0 Å². The molecule has 6 heteroatoms. The van der Waals surface area contributed by atoms with Crippen LogP contribution in [0.15, 0.2) is 23.6 Å². The Hall–Kier alpha value is -2.21. The van der Waals surface area contributed by atoms with Crippen LogP contribution in [0.2, 0.25) is 0 Å². The Labute approximate surface area is 139 Å². The van der Waals surface area contributed by atoms with E-state index < -0.39 is 5.91 Å². The van der Waals surface area contributed by atoms with E-state index in [1.807, 2.05) is 24.1 Å². The number of amides is 2. The summed E-state index contributed by atoms with van der Waals surface area (Å²) in [4.78, 5) is 30.7. The number of hydrogen-bond acceptors (Lipinski definition) is 4. The molecule has 1 saturated heterocycles. The predicted octanol–water partition coefficient (Wildman–Crippen LogP) is 2.84. The third-order valence-corrected chi connectivity index (χ3v) is 5.11. The SMILES string of the molecule is Cc1cc(C(N)=O)cc(C(=O)N2CCCC2c2nc(C)cs2)c1. The first kappa shape index (κ1) is 15.7. The highest BCUT2D eigenvalue weighted by Gasteiger charge is 2.32. The Balaban J connectivity index is 1.91. The van der Waals surface area contributed by atoms with Crippen molar-refractivity contribution in [3.8, 4) is 0 Å². The highest BCUT2D eigenvalue weighted by molar-refractivity contribution is 7.09. The highest BCUT2D eigenvalue weighted by Crippen LogP contribution is 2.34. The minimum atomic E-state index is -0.517. The first-order valence-corrected chi connectivity index (χ1v) is 8.48. The zero-order valence-corrected chi connectivity index (χ0v) is 14.0. The lowest BCUT2D eigenvalue weighted by Crippen LogP contribution is -2.31. The molecule has 1 unspecified atom stereocenters. The molecular weight excluding hydrogens is 310 g/mol. The van der Waals surface area contributed by atoms with Crippen LogP contribution < -0.4 is 5.73 Å². The summed E-state index contributed by atoms with van der Waals surface area (Å²) in [7, 11) is 0. The maximum atomic E-state index is 12.9. The minimum absolute atomic E-state index is 0.0266. The Bertz CT molecular complexity index is 769. The first-order valence-electron chi connectivity index (χ1n) is 7.60. The first-order chi connectivity index (χ1) is 11.0. The average molecular weight is 329 g/mol. The maximum Gasteiger partial charge on any atom is 0.254 e. The molecule has 0 aliphatic carbocycles. The van der Waals surface area contributed by atoms with Gasteiger partial charge in [-0.1, -0.05) is 0 Å². The molecule has 1 fully saturated rings. The molecule has 2 heterocycles. The lowest BCUT2D eigenvalue weighted by Gasteiger charge is -2.23. The molecule has 1 aromatic carbocycles. The van der Waals surface area contributed by atoms with Crippen molar-refractivity contribution in [3.63, 3.8) is 0 Å². The molecule has 2 aromatic rings. The molecule has 2 N–H and O–H groups in total. The Morgan fingerprint density at radius 1 is 1.26 bits per heavy atom. The normalized spacial score (nSPS) is 17.5. The molecule has 0 spiro atoms. The number of aromatic nitrogens is 1. The van der Waals surface area contributed by atoms with Gasteiger partial charge in [0, 0.05) is 28.7 Å². The molecule has 0 bridgehead atoms. The van der Waals surface area contributed by atoms with Gasteiger partial charge in [-0.2, -0.15) is 0 Å². The van der Waals surface area contributed by atoms with Gasteiger partial charge < -0.3 is 10.6 Å². The van der Waals surface area contributed by atoms with Crippen LogP contribution in [0.3, 0.4) is 0 Å². The Kier molecular flexibility index (Phi) is 4.17. The highest BCUT2D eigenvalue weighted by atomic mass is 32.1. The second kappa shape index (κ2) is 6.12. The number of carbonyl (C=O) groups excluding carboxylic acids is 2. The van der Waals surface area contributed by atoms with Crippen LogP contribution in [0.25, 0.3) is 0 Å². The summed E-state index contributed by atoms with van der Waals surface area (Å²) in [6.45, 7) is 4.53. The molecule has 5 nitrogen and oxygen atoms in total. The van der Waals surface area contributed by atoms with Gasteiger partial charge in [0.15, 0.2) is 0 Å². The molecule has 3 rings (SSSR count). The van der Waals surface area contributed by atoms with E-state index in [2.05, 4.69) is 4.98 Å². The van der Waals surface area contributed by atoms with Gasteiger partial charge in [0.1, 0.15) is 5.01 Å². The molecule has 1 atom stereocenters. The van der Waals surface area contributed by atoms with Crippen LogP contribution in [0.4, 0.5) is 0 Å². The monoisotopic (exact) mass is 329 g/mol. The van der Waals surface area contributed by atoms with Crippen molar-refractivity contribution >= 4 is 23.2 Å². The molecule has 23 heavy (non-hydrogen) atoms. The number of hydrogen-bond donors (Lipinski definition) is 1. The molecule has 120 valence electrons. The lowest BCUT2D eigenvalue weighted by molar-refractivity contribution is 0.0735. The van der Waals surface area contributed by atoms with E-state index in [9.17, 15) is 9.59 Å². The molecule has 2 amide bonds. The topological polar surface area (TPSA) is 76.3 Å². The van der Waals surface area contributed by atoms with Gasteiger partial charge in [-0.15, -0.1) is 11.3 Å². The van der Waals surface area contributed by atoms with Crippen LogP contribution in [0, 0.1) is 13.8 Å². The number of carbonyl (C=O) groups is 2. The number of aryl methyl sites for hydroxylation is 2. The van der Waals surface area contributed by atoms with Crippen molar-refractivity contribution in [1.82, 2.24) is 9.88 Å². The lowest BCUT2D eigenvalue weighted by atomic mass is 10.0. The van der Waals surface area contributed by atoms with E-state index in [0.29, 0.717) is 17.7 Å². The third kappa shape index (κ3) is 3.12. The van der Waals surface area contributed by atoms with Gasteiger partial charge in [0.05, 0.1) is 6.04 Å². The van der Waals surface area contributed by atoms with Gasteiger partial charge in [0.2, 0.25) is 5.91 Å². The summed E-state index contributed by atoms with van der Waals surface area (Å²) in [6.07, 6.45) is 1.89. The number of likely N-dealkylation sites (tertiary alicyclic amines) is 1. The summed E-state index contributed by atoms with van der Waals surface area (Å²) in [5.74, 6) is -0.581. The third-order valence-electron chi connectivity index (χ3n) is 4.04. The summed E-state index contributed by atoms with van der Waals surface area (Å²) < 4.78 is 0. The van der Waals surface area contributed by atoms with Gasteiger partial charge >= 0.3 is 0 Å². The van der Waals surface area contributed by atoms with E-state index in [0.717, 1.165) is 29.1 Å². The van der Waals surface area contributed by atoms with Gasteiger partial charge in [-0.3, -0.25) is 9.59 Å². The second-order valence-electron chi connectivity index (χ2n) is 5.94. The number of nitrogens with two attached hydrogens (primary N) is 1. The smallest absolute Gasteiger partial charge is 0.254 e. The van der Waals surface area contributed by atoms with Crippen LogP contribution in [0.5, 0.6) is 0 Å². The zero-order chi connectivity index (χ0) is 16.6. The van der Waals surface area contributed by atoms with Crippen molar-refractivity contribution in [2.45, 2.75) is 32.7 Å². The quantitative estimate of drug-likeness (QED) is 0.940. The maximum absolute atomic E-state index is 12.9. The molecule has 1 aliphatic heterocycles. The number of thiazole rings is 1. The van der Waals surface area contributed by atoms with E-state index in [1.54, 1.807) is 29.5 Å². The molecule has 0 radical (unpaired) electrons. The average Bonchev–Trinajstić information content (AvgIpc) is 3.14. The summed E-state index contributed by atoms with van der Waals surface area (Å²) in [5.41, 5.74) is 8.07. The van der Waals surface area contributed by atoms with Crippen LogP contribution in [0.1, 0.15) is 55.9 Å². The van der Waals surface area contributed by atoms with Crippen LogP contribution in [-0.2, 0) is 0 Å². The van der Waals surface area contributed by atoms with E-state index >= 15 is 0 Å². The van der Waals surface area contributed by atoms with Gasteiger partial charge in [-0.05, 0) is 50.5 Å². The van der Waals surface area contributed by atoms with Crippen molar-refractivity contribution in [2.24, 2.45) is 5.73 Å². The Morgan fingerprint density at radius 2 is 2.00 bits per heavy atom. The summed E-state index contributed by atoms with van der Waals surface area (Å²) in [6, 6.07) is 5.11. The van der Waals surface area contributed by atoms with Crippen molar-refractivity contribution in [3.05, 3.63) is 51.0 Å². The van der Waals surface area contributed by atoms with Crippen LogP contribution >= 0.6 is 11.3 Å². The van der Waals surface area contributed by atoms with Crippen LogP contribution in [-0.4, -0.2) is 28.2 Å². The zero-order valence-electron chi connectivity index (χ0n) is 13.2. The number of nitrogens with zero attached hydrogens (tertiary/aromatic N) is 2. The summed E-state index contributed by atoms with van der Waals surface area (Å²) in [5, 5.41) is 2.99. The largest absolute Gasteiger partial charge is 0.366 e. The molecule has 1 aliphatic rings. The van der Waals surface area contributed by atoms with Gasteiger partial charge in [0.25, 0.3) is 5.91 Å². The molecule has 0 saturated carbocycles. The molecular formula is C17H19N3O2S. The van der Waals surface area contributed by atoms with E-state index in [4.69, 9.17) is 5.73 Å². The Morgan fingerprint density at radius 3 is 2.65 bits per heavy atom. The van der Waals surface area contributed by atoms with Crippen molar-refractivity contribution in [1.29, 1.82) is 0 Å². The number of benzene rings is 1. The number of rotatable bonds is 3. The second-order valence-corrected chi connectivity index (χ2v) is 6.83. The molecule has 1 aromatic heterocycles. The number of primary amides is 1. The van der Waals surface area contributed by atoms with Crippen molar-refractivity contribution in [2.75, 3.05) is 6.54 Å². The standard InChI is InChI=1S/C17H19N3O2S/c1-10-6-12(15(18)21)8-13(7-10)17(22)20-5-3-4-14(20)16-19-11(2)9-23-16/h6-9,14H,3-5H2,1-2H3,(H2,18,21). The fraction of sp³-hybridized carbons (Fsp3) is 0.353. The van der Waals surface area contributed by atoms with Crippen molar-refractivity contribution < 1.29 is 9.59 Å². The fourth-order valence-corrected chi connectivity index (χ4v) is 3.95. The van der Waals surface area contributed by atoms with Gasteiger partial charge in [-0.25, -0.2) is 4.98 Å². The summed E-state index contributed by atoms with van der Waals surface area (Å²) >= 11 is 1.60.